The molecule has 7 nitrogen and oxygen atoms in total. The molecule has 0 aliphatic heterocycles. The van der Waals surface area contributed by atoms with E-state index in [9.17, 15) is 0 Å². The maximum absolute atomic E-state index is 6.21. The van der Waals surface area contributed by atoms with Crippen molar-refractivity contribution in [3.05, 3.63) is 46.8 Å². The molecule has 1 aromatic carbocycles. The lowest BCUT2D eigenvalue weighted by Crippen LogP contribution is -2.03. The Bertz CT molecular complexity index is 981. The molecule has 0 atom stereocenters. The van der Waals surface area contributed by atoms with E-state index in [0.717, 1.165) is 21.7 Å². The minimum atomic E-state index is 0.256. The number of nitrogens with zero attached hydrogens (tertiary/aromatic N) is 5. The van der Waals surface area contributed by atoms with Crippen molar-refractivity contribution < 1.29 is 4.52 Å². The lowest BCUT2D eigenvalue weighted by molar-refractivity contribution is 0.431. The van der Waals surface area contributed by atoms with Crippen LogP contribution < -0.4 is 5.73 Å². The molecule has 3 aromatic heterocycles. The van der Waals surface area contributed by atoms with Crippen LogP contribution in [-0.2, 0) is 0 Å². The molecule has 0 fully saturated rings. The van der Waals surface area contributed by atoms with Crippen LogP contribution in [0.3, 0.4) is 0 Å². The lowest BCUT2D eigenvalue weighted by Gasteiger charge is -2.05. The Morgan fingerprint density at radius 3 is 2.67 bits per heavy atom. The Balaban J connectivity index is 1.75. The second-order valence-electron chi connectivity index (χ2n) is 5.48. The molecule has 0 radical (unpaired) electrons. The summed E-state index contributed by atoms with van der Waals surface area (Å²) in [6, 6.07) is 9.93. The number of hydrogen-bond donors (Lipinski definition) is 1. The molecule has 0 amide bonds. The maximum Gasteiger partial charge on any atom is 0.282 e. The number of benzene rings is 1. The van der Waals surface area contributed by atoms with Gasteiger partial charge in [-0.1, -0.05) is 22.5 Å². The van der Waals surface area contributed by atoms with E-state index >= 15 is 0 Å². The van der Waals surface area contributed by atoms with Crippen LogP contribution in [0.25, 0.3) is 28.0 Å². The highest BCUT2D eigenvalue weighted by Crippen LogP contribution is 2.28. The molecular weight excluding hydrogens is 324 g/mol. The zero-order valence-corrected chi connectivity index (χ0v) is 13.9. The van der Waals surface area contributed by atoms with Gasteiger partial charge in [-0.3, -0.25) is 0 Å². The van der Waals surface area contributed by atoms with Crippen molar-refractivity contribution in [1.29, 1.82) is 0 Å². The van der Waals surface area contributed by atoms with Crippen molar-refractivity contribution in [2.24, 2.45) is 0 Å². The topological polar surface area (TPSA) is 95.6 Å². The van der Waals surface area contributed by atoms with Crippen molar-refractivity contribution in [1.82, 2.24) is 25.1 Å². The van der Waals surface area contributed by atoms with E-state index in [0.29, 0.717) is 17.3 Å². The van der Waals surface area contributed by atoms with Crippen LogP contribution in [0.1, 0.15) is 11.1 Å². The quantitative estimate of drug-likeness (QED) is 0.616. The SMILES string of the molecule is Cc1cc(C)cc(-n2nnc(-c3nc(-c4cccs4)no3)c2N)c1. The number of hydrogen-bond acceptors (Lipinski definition) is 7. The molecular formula is C16H14N6OS. The maximum atomic E-state index is 6.21. The third-order valence-corrected chi connectivity index (χ3v) is 4.39. The van der Waals surface area contributed by atoms with E-state index in [4.69, 9.17) is 10.3 Å². The van der Waals surface area contributed by atoms with Crippen LogP contribution in [0, 0.1) is 13.8 Å². The van der Waals surface area contributed by atoms with E-state index in [1.807, 2.05) is 43.5 Å². The molecule has 8 heteroatoms. The molecule has 2 N–H and O–H groups in total. The predicted molar refractivity (Wildman–Crippen MR) is 91.9 cm³/mol. The third kappa shape index (κ3) is 2.46. The van der Waals surface area contributed by atoms with Gasteiger partial charge in [-0.15, -0.1) is 16.4 Å². The molecule has 0 aliphatic rings. The number of nitrogens with two attached hydrogens (primary N) is 1. The molecule has 0 saturated heterocycles. The van der Waals surface area contributed by atoms with Crippen molar-refractivity contribution in [2.45, 2.75) is 13.8 Å². The first-order valence-electron chi connectivity index (χ1n) is 7.29. The fraction of sp³-hybridized carbons (Fsp3) is 0.125. The monoisotopic (exact) mass is 338 g/mol. The summed E-state index contributed by atoms with van der Waals surface area (Å²) < 4.78 is 6.88. The summed E-state index contributed by atoms with van der Waals surface area (Å²) >= 11 is 1.54. The van der Waals surface area contributed by atoms with Gasteiger partial charge in [0.1, 0.15) is 0 Å². The van der Waals surface area contributed by atoms with Gasteiger partial charge in [-0.25, -0.2) is 0 Å². The Hall–Kier alpha value is -3.00. The lowest BCUT2D eigenvalue weighted by atomic mass is 10.1. The van der Waals surface area contributed by atoms with Gasteiger partial charge >= 0.3 is 0 Å². The first-order chi connectivity index (χ1) is 11.6. The van der Waals surface area contributed by atoms with Gasteiger partial charge in [0, 0.05) is 0 Å². The fourth-order valence-corrected chi connectivity index (χ4v) is 3.18. The summed E-state index contributed by atoms with van der Waals surface area (Å²) in [5.74, 6) is 1.13. The van der Waals surface area contributed by atoms with Gasteiger partial charge in [0.25, 0.3) is 5.89 Å². The van der Waals surface area contributed by atoms with Gasteiger partial charge in [-0.05, 0) is 48.6 Å². The van der Waals surface area contributed by atoms with Crippen LogP contribution >= 0.6 is 11.3 Å². The molecule has 0 spiro atoms. The van der Waals surface area contributed by atoms with E-state index < -0.39 is 0 Å². The molecule has 0 aliphatic carbocycles. The molecule has 4 rings (SSSR count). The normalized spacial score (nSPS) is 11.1. The zero-order chi connectivity index (χ0) is 16.7. The summed E-state index contributed by atoms with van der Waals surface area (Å²) in [4.78, 5) is 5.28. The molecule has 0 bridgehead atoms. The van der Waals surface area contributed by atoms with Gasteiger partial charge in [0.05, 0.1) is 10.6 Å². The molecule has 24 heavy (non-hydrogen) atoms. The summed E-state index contributed by atoms with van der Waals surface area (Å²) in [5, 5.41) is 14.2. The van der Waals surface area contributed by atoms with Crippen LogP contribution in [0.5, 0.6) is 0 Å². The zero-order valence-electron chi connectivity index (χ0n) is 13.1. The number of thiophene rings is 1. The van der Waals surface area contributed by atoms with Gasteiger partial charge in [-0.2, -0.15) is 9.67 Å². The van der Waals surface area contributed by atoms with Crippen LogP contribution in [0.2, 0.25) is 0 Å². The highest BCUT2D eigenvalue weighted by molar-refractivity contribution is 7.13. The average molecular weight is 338 g/mol. The van der Waals surface area contributed by atoms with Gasteiger partial charge < -0.3 is 10.3 Å². The Morgan fingerprint density at radius 2 is 1.96 bits per heavy atom. The Morgan fingerprint density at radius 1 is 1.17 bits per heavy atom. The first kappa shape index (κ1) is 14.6. The molecule has 3 heterocycles. The summed E-state index contributed by atoms with van der Waals surface area (Å²) in [6.45, 7) is 4.05. The summed E-state index contributed by atoms with van der Waals surface area (Å²) in [7, 11) is 0. The number of rotatable bonds is 3. The van der Waals surface area contributed by atoms with Crippen molar-refractivity contribution in [3.8, 4) is 28.0 Å². The smallest absolute Gasteiger partial charge is 0.282 e. The second kappa shape index (κ2) is 5.57. The minimum absolute atomic E-state index is 0.256. The first-order valence-corrected chi connectivity index (χ1v) is 8.17. The second-order valence-corrected chi connectivity index (χ2v) is 6.43. The van der Waals surface area contributed by atoms with Gasteiger partial charge in [0.15, 0.2) is 11.5 Å². The summed E-state index contributed by atoms with van der Waals surface area (Å²) in [6.07, 6.45) is 0. The third-order valence-electron chi connectivity index (χ3n) is 3.53. The van der Waals surface area contributed by atoms with E-state index in [1.165, 1.54) is 11.3 Å². The van der Waals surface area contributed by atoms with E-state index in [1.54, 1.807) is 4.68 Å². The van der Waals surface area contributed by atoms with Crippen molar-refractivity contribution >= 4 is 17.2 Å². The molecule has 0 saturated carbocycles. The van der Waals surface area contributed by atoms with Crippen molar-refractivity contribution in [3.63, 3.8) is 0 Å². The van der Waals surface area contributed by atoms with Gasteiger partial charge in [0.2, 0.25) is 5.82 Å². The minimum Gasteiger partial charge on any atom is -0.382 e. The highest BCUT2D eigenvalue weighted by Gasteiger charge is 2.20. The van der Waals surface area contributed by atoms with Crippen LogP contribution in [0.4, 0.5) is 5.82 Å². The molecule has 120 valence electrons. The van der Waals surface area contributed by atoms with E-state index in [-0.39, 0.29) is 5.89 Å². The standard InChI is InChI=1S/C16H14N6OS/c1-9-6-10(2)8-11(7-9)22-14(17)13(19-21-22)16-18-15(20-23-16)12-4-3-5-24-12/h3-8H,17H2,1-2H3. The average Bonchev–Trinajstić information content (AvgIpc) is 3.26. The predicted octanol–water partition coefficient (Wildman–Crippen LogP) is 3.24. The van der Waals surface area contributed by atoms with Crippen LogP contribution in [0.15, 0.2) is 40.2 Å². The Kier molecular flexibility index (Phi) is 3.39. The number of aromatic nitrogens is 5. The largest absolute Gasteiger partial charge is 0.382 e. The number of aryl methyl sites for hydroxylation is 2. The molecule has 4 aromatic rings. The Labute approximate surface area is 141 Å². The number of anilines is 1. The number of nitrogen functional groups attached to an aromatic ring is 1. The molecule has 0 unspecified atom stereocenters. The van der Waals surface area contributed by atoms with E-state index in [2.05, 4.69) is 26.5 Å². The fourth-order valence-electron chi connectivity index (χ4n) is 2.53. The van der Waals surface area contributed by atoms with Crippen molar-refractivity contribution in [2.75, 3.05) is 5.73 Å². The summed E-state index contributed by atoms with van der Waals surface area (Å²) in [5.41, 5.74) is 9.68. The highest BCUT2D eigenvalue weighted by atomic mass is 32.1. The van der Waals surface area contributed by atoms with Crippen LogP contribution in [-0.4, -0.2) is 25.1 Å².